The molecule has 2 nitrogen and oxygen atoms in total. The molecule has 3 heteroatoms. The molecular weight excluding hydrogens is 407 g/mol. The Labute approximate surface area is 191 Å². The Morgan fingerprint density at radius 2 is 1.42 bits per heavy atom. The highest BCUT2D eigenvalue weighted by Gasteiger charge is 2.47. The smallest absolute Gasteiger partial charge is 0.134 e. The molecular formula is C30H17FN2. The van der Waals surface area contributed by atoms with Crippen molar-refractivity contribution < 1.29 is 4.39 Å². The van der Waals surface area contributed by atoms with Crippen LogP contribution < -0.4 is 0 Å². The molecule has 4 aromatic carbocycles. The number of nitrogens with zero attached hydrogens (tertiary/aromatic N) is 2. The van der Waals surface area contributed by atoms with Gasteiger partial charge in [0, 0.05) is 17.2 Å². The number of hydrogen-bond acceptors (Lipinski definition) is 2. The van der Waals surface area contributed by atoms with Crippen LogP contribution in [0, 0.1) is 28.5 Å². The third-order valence-corrected chi connectivity index (χ3v) is 6.85. The van der Waals surface area contributed by atoms with Gasteiger partial charge in [0.15, 0.2) is 0 Å². The largest absolute Gasteiger partial charge is 0.206 e. The Morgan fingerprint density at radius 1 is 0.727 bits per heavy atom. The van der Waals surface area contributed by atoms with Crippen LogP contribution in [0.4, 0.5) is 4.39 Å². The summed E-state index contributed by atoms with van der Waals surface area (Å²) in [6.45, 7) is 0. The minimum atomic E-state index is -0.237. The van der Waals surface area contributed by atoms with E-state index in [-0.39, 0.29) is 23.2 Å². The number of allylic oxidation sites excluding steroid dienone is 4. The fraction of sp³-hybridized carbons (Fsp3) is 0.0667. The first-order valence-electron chi connectivity index (χ1n) is 10.9. The van der Waals surface area contributed by atoms with E-state index in [4.69, 9.17) is 0 Å². The zero-order valence-electron chi connectivity index (χ0n) is 17.6. The molecule has 2 atom stereocenters. The van der Waals surface area contributed by atoms with Crippen molar-refractivity contribution in [2.75, 3.05) is 0 Å². The molecule has 6 rings (SSSR count). The molecule has 0 bridgehead atoms. The number of hydrogen-bond donors (Lipinski definition) is 0. The van der Waals surface area contributed by atoms with E-state index in [0.29, 0.717) is 5.39 Å². The van der Waals surface area contributed by atoms with Crippen molar-refractivity contribution in [1.82, 2.24) is 0 Å². The highest BCUT2D eigenvalue weighted by atomic mass is 19.1. The predicted molar refractivity (Wildman–Crippen MR) is 127 cm³/mol. The van der Waals surface area contributed by atoms with E-state index in [1.54, 1.807) is 0 Å². The predicted octanol–water partition coefficient (Wildman–Crippen LogP) is 7.13. The van der Waals surface area contributed by atoms with Crippen molar-refractivity contribution in [2.45, 2.75) is 11.8 Å². The van der Waals surface area contributed by atoms with E-state index in [1.165, 1.54) is 6.07 Å². The van der Waals surface area contributed by atoms with Crippen molar-refractivity contribution in [2.24, 2.45) is 0 Å². The lowest BCUT2D eigenvalue weighted by molar-refractivity contribution is 0.639. The minimum Gasteiger partial charge on any atom is -0.206 e. The van der Waals surface area contributed by atoms with Crippen molar-refractivity contribution in [1.29, 1.82) is 10.5 Å². The summed E-state index contributed by atoms with van der Waals surface area (Å²) in [7, 11) is 0. The maximum atomic E-state index is 14.8. The van der Waals surface area contributed by atoms with Crippen LogP contribution in [0.2, 0.25) is 0 Å². The van der Waals surface area contributed by atoms with Gasteiger partial charge in [-0.2, -0.15) is 10.5 Å². The van der Waals surface area contributed by atoms with Gasteiger partial charge in [0.05, 0.1) is 0 Å². The molecule has 0 radical (unpaired) electrons. The summed E-state index contributed by atoms with van der Waals surface area (Å²) in [6, 6.07) is 33.4. The average Bonchev–Trinajstić information content (AvgIpc) is 3.37. The molecule has 0 N–H and O–H groups in total. The molecule has 0 spiro atoms. The molecule has 0 amide bonds. The van der Waals surface area contributed by atoms with Gasteiger partial charge in [-0.15, -0.1) is 0 Å². The lowest BCUT2D eigenvalue weighted by Crippen LogP contribution is -2.09. The highest BCUT2D eigenvalue weighted by Crippen LogP contribution is 2.64. The van der Waals surface area contributed by atoms with E-state index in [2.05, 4.69) is 12.1 Å². The van der Waals surface area contributed by atoms with E-state index in [9.17, 15) is 14.9 Å². The fourth-order valence-electron chi connectivity index (χ4n) is 5.67. The lowest BCUT2D eigenvalue weighted by atomic mass is 9.79. The molecule has 0 heterocycles. The Hall–Kier alpha value is -4.47. The summed E-state index contributed by atoms with van der Waals surface area (Å²) in [6.07, 6.45) is 0. The molecule has 2 aliphatic rings. The van der Waals surface area contributed by atoms with E-state index >= 15 is 0 Å². The van der Waals surface area contributed by atoms with Gasteiger partial charge in [-0.25, -0.2) is 4.39 Å². The fourth-order valence-corrected chi connectivity index (χ4v) is 5.67. The average molecular weight is 424 g/mol. The van der Waals surface area contributed by atoms with Crippen molar-refractivity contribution in [3.8, 4) is 12.1 Å². The third kappa shape index (κ3) is 2.63. The summed E-state index contributed by atoms with van der Waals surface area (Å²) in [5, 5.41) is 21.5. The first kappa shape index (κ1) is 19.2. The molecule has 154 valence electrons. The maximum Gasteiger partial charge on any atom is 0.134 e. The van der Waals surface area contributed by atoms with Crippen LogP contribution in [0.15, 0.2) is 102 Å². The van der Waals surface area contributed by atoms with Crippen LogP contribution in [0.3, 0.4) is 0 Å². The first-order valence-corrected chi connectivity index (χ1v) is 10.9. The van der Waals surface area contributed by atoms with E-state index in [0.717, 1.165) is 44.4 Å². The van der Waals surface area contributed by atoms with Crippen LogP contribution in [-0.4, -0.2) is 0 Å². The van der Waals surface area contributed by atoms with Crippen molar-refractivity contribution in [3.63, 3.8) is 0 Å². The van der Waals surface area contributed by atoms with Crippen molar-refractivity contribution >= 4 is 21.9 Å². The van der Waals surface area contributed by atoms with Gasteiger partial charge in [0.1, 0.15) is 23.5 Å². The van der Waals surface area contributed by atoms with Gasteiger partial charge in [-0.05, 0) is 50.4 Å². The van der Waals surface area contributed by atoms with Gasteiger partial charge in [-0.3, -0.25) is 0 Å². The quantitative estimate of drug-likeness (QED) is 0.321. The van der Waals surface area contributed by atoms with Crippen molar-refractivity contribution in [3.05, 3.63) is 130 Å². The highest BCUT2D eigenvalue weighted by molar-refractivity contribution is 6.16. The maximum absolute atomic E-state index is 14.8. The van der Waals surface area contributed by atoms with Crippen LogP contribution in [-0.2, 0) is 0 Å². The molecule has 0 aliphatic heterocycles. The van der Waals surface area contributed by atoms with E-state index in [1.807, 2.05) is 84.9 Å². The minimum absolute atomic E-state index is 0.102. The molecule has 0 saturated heterocycles. The normalized spacial score (nSPS) is 18.2. The van der Waals surface area contributed by atoms with Gasteiger partial charge in [0.2, 0.25) is 0 Å². The van der Waals surface area contributed by atoms with Gasteiger partial charge >= 0.3 is 0 Å². The Bertz CT molecular complexity index is 1570. The summed E-state index contributed by atoms with van der Waals surface area (Å²) in [5.74, 6) is -0.555. The first-order chi connectivity index (χ1) is 16.2. The number of halogens is 1. The van der Waals surface area contributed by atoms with Gasteiger partial charge in [-0.1, -0.05) is 84.9 Å². The van der Waals surface area contributed by atoms with Gasteiger partial charge in [0.25, 0.3) is 0 Å². The summed E-state index contributed by atoms with van der Waals surface area (Å²) in [5.41, 5.74) is 6.88. The van der Waals surface area contributed by atoms with Crippen LogP contribution in [0.25, 0.3) is 21.9 Å². The second-order valence-corrected chi connectivity index (χ2v) is 8.40. The molecule has 2 unspecified atom stereocenters. The molecule has 2 aliphatic carbocycles. The molecule has 0 saturated carbocycles. The second-order valence-electron chi connectivity index (χ2n) is 8.40. The van der Waals surface area contributed by atoms with Gasteiger partial charge < -0.3 is 0 Å². The SMILES string of the molecule is N#CC(C#N)=C1C(c2ccccc2)=C2c3cccc4c(F)ccc(c34)C2C1c1ccccc1. The number of benzene rings is 4. The number of rotatable bonds is 2. The summed E-state index contributed by atoms with van der Waals surface area (Å²) in [4.78, 5) is 0. The Balaban J connectivity index is 1.80. The molecule has 0 aromatic heterocycles. The molecule has 0 fully saturated rings. The van der Waals surface area contributed by atoms with Crippen LogP contribution >= 0.6 is 0 Å². The molecule has 4 aromatic rings. The van der Waals surface area contributed by atoms with Crippen LogP contribution in [0.5, 0.6) is 0 Å². The number of fused-ring (bicyclic) bond motifs is 3. The third-order valence-electron chi connectivity index (χ3n) is 6.85. The second kappa shape index (κ2) is 7.30. The standard InChI is InChI=1S/C30H17FN2/c31-24-15-14-23-28-21(24)12-7-13-22(28)29-25(18-8-3-1-4-9-18)27(20(16-32)17-33)26(30(23)29)19-10-5-2-6-11-19/h1-15,26,30H. The number of nitriles is 2. The molecule has 33 heavy (non-hydrogen) atoms. The van der Waals surface area contributed by atoms with Crippen LogP contribution in [0.1, 0.15) is 34.1 Å². The summed E-state index contributed by atoms with van der Waals surface area (Å²) >= 11 is 0. The zero-order chi connectivity index (χ0) is 22.5. The zero-order valence-corrected chi connectivity index (χ0v) is 17.6. The monoisotopic (exact) mass is 424 g/mol. The topological polar surface area (TPSA) is 47.6 Å². The summed E-state index contributed by atoms with van der Waals surface area (Å²) < 4.78 is 14.8. The Kier molecular flexibility index (Phi) is 4.25. The van der Waals surface area contributed by atoms with E-state index < -0.39 is 0 Å². The Morgan fingerprint density at radius 3 is 2.12 bits per heavy atom. The lowest BCUT2D eigenvalue weighted by Gasteiger charge is -2.22.